The second-order valence-electron chi connectivity index (χ2n) is 6.30. The van der Waals surface area contributed by atoms with Crippen molar-refractivity contribution in [3.63, 3.8) is 0 Å². The first-order valence-electron chi connectivity index (χ1n) is 8.03. The smallest absolute Gasteiger partial charge is 0.339 e. The summed E-state index contributed by atoms with van der Waals surface area (Å²) in [5.41, 5.74) is 5.16. The molecule has 0 amide bonds. The molecule has 0 N–H and O–H groups in total. The van der Waals surface area contributed by atoms with Crippen molar-refractivity contribution in [1.29, 1.82) is 0 Å². The number of fused-ring (bicyclic) bond motifs is 3. The average molecular weight is 320 g/mol. The maximum Gasteiger partial charge on any atom is 0.339 e. The summed E-state index contributed by atoms with van der Waals surface area (Å²) in [4.78, 5) is 36.6. The summed E-state index contributed by atoms with van der Waals surface area (Å²) in [6.07, 6.45) is 1.28. The van der Waals surface area contributed by atoms with Gasteiger partial charge >= 0.3 is 5.97 Å². The van der Waals surface area contributed by atoms with E-state index >= 15 is 0 Å². The topological polar surface area (TPSA) is 60.4 Å². The van der Waals surface area contributed by atoms with Crippen molar-refractivity contribution in [3.05, 3.63) is 58.1 Å². The maximum atomic E-state index is 12.4. The first-order chi connectivity index (χ1) is 11.6. The number of carbonyl (C=O) groups excluding carboxylic acids is 3. The number of Topliss-reactive ketones (excluding diaryl/α,β-unsaturated/α-hetero) is 2. The molecule has 0 aromatic heterocycles. The van der Waals surface area contributed by atoms with Gasteiger partial charge < -0.3 is 4.74 Å². The number of benzene rings is 2. The van der Waals surface area contributed by atoms with Crippen LogP contribution in [0.15, 0.2) is 30.3 Å². The summed E-state index contributed by atoms with van der Waals surface area (Å²) in [6, 6.07) is 9.56. The lowest BCUT2D eigenvalue weighted by molar-refractivity contribution is -0.116. The highest BCUT2D eigenvalue weighted by atomic mass is 16.5. The second kappa shape index (κ2) is 5.41. The predicted molar refractivity (Wildman–Crippen MR) is 88.0 cm³/mol. The standard InChI is InChI=1S/C20H16O4/c1-11(21)9-14-13-7-8-16(22)18(13)15-10-24-20(23)19(15)17(14)12-5-3-2-4-6-12/h2-6H,7-10H2,1H3. The summed E-state index contributed by atoms with van der Waals surface area (Å²) in [5.74, 6) is -0.347. The van der Waals surface area contributed by atoms with E-state index in [1.165, 1.54) is 6.92 Å². The molecule has 4 rings (SSSR count). The number of ether oxygens (including phenoxy) is 1. The molecular formula is C20H16O4. The van der Waals surface area contributed by atoms with Crippen molar-refractivity contribution in [2.75, 3.05) is 0 Å². The van der Waals surface area contributed by atoms with Crippen LogP contribution in [0.1, 0.15) is 50.8 Å². The molecule has 2 aliphatic rings. The van der Waals surface area contributed by atoms with Gasteiger partial charge in [-0.25, -0.2) is 4.79 Å². The van der Waals surface area contributed by atoms with E-state index in [0.29, 0.717) is 29.5 Å². The van der Waals surface area contributed by atoms with E-state index in [-0.39, 0.29) is 24.6 Å². The van der Waals surface area contributed by atoms with E-state index in [9.17, 15) is 14.4 Å². The second-order valence-corrected chi connectivity index (χ2v) is 6.30. The van der Waals surface area contributed by atoms with Crippen LogP contribution in [0, 0.1) is 0 Å². The minimum atomic E-state index is -0.406. The van der Waals surface area contributed by atoms with E-state index in [4.69, 9.17) is 4.74 Å². The lowest BCUT2D eigenvalue weighted by Gasteiger charge is -2.17. The summed E-state index contributed by atoms with van der Waals surface area (Å²) in [5, 5.41) is 0. The van der Waals surface area contributed by atoms with Crippen molar-refractivity contribution in [1.82, 2.24) is 0 Å². The molecule has 1 aliphatic carbocycles. The van der Waals surface area contributed by atoms with Crippen molar-refractivity contribution in [2.45, 2.75) is 32.8 Å². The summed E-state index contributed by atoms with van der Waals surface area (Å²) in [6.45, 7) is 1.67. The van der Waals surface area contributed by atoms with E-state index in [2.05, 4.69) is 0 Å². The fourth-order valence-electron chi connectivity index (χ4n) is 3.83. The highest BCUT2D eigenvalue weighted by Gasteiger charge is 2.37. The quantitative estimate of drug-likeness (QED) is 0.814. The molecule has 0 radical (unpaired) electrons. The SMILES string of the molecule is CC(=O)Cc1c2c(c3c(c1-c1ccccc1)C(=O)OC3)C(=O)CC2. The number of ketones is 2. The third-order valence-electron chi connectivity index (χ3n) is 4.74. The lowest BCUT2D eigenvalue weighted by Crippen LogP contribution is -2.10. The molecule has 0 fully saturated rings. The van der Waals surface area contributed by atoms with Crippen LogP contribution in [0.25, 0.3) is 11.1 Å². The van der Waals surface area contributed by atoms with E-state index in [1.807, 2.05) is 30.3 Å². The van der Waals surface area contributed by atoms with Gasteiger partial charge in [-0.05, 0) is 30.0 Å². The van der Waals surface area contributed by atoms with E-state index < -0.39 is 5.97 Å². The fraction of sp³-hybridized carbons (Fsp3) is 0.250. The molecule has 4 nitrogen and oxygen atoms in total. The Morgan fingerprint density at radius 1 is 1.00 bits per heavy atom. The third-order valence-corrected chi connectivity index (χ3v) is 4.74. The predicted octanol–water partition coefficient (Wildman–Crippen LogP) is 3.28. The van der Waals surface area contributed by atoms with Gasteiger partial charge in [-0.15, -0.1) is 0 Å². The van der Waals surface area contributed by atoms with Gasteiger partial charge in [0.1, 0.15) is 12.4 Å². The molecule has 4 heteroatoms. The molecule has 1 heterocycles. The van der Waals surface area contributed by atoms with Crippen molar-refractivity contribution in [3.8, 4) is 11.1 Å². The zero-order valence-electron chi connectivity index (χ0n) is 13.3. The normalized spacial score (nSPS) is 15.2. The molecule has 120 valence electrons. The lowest BCUT2D eigenvalue weighted by atomic mass is 9.83. The first kappa shape index (κ1) is 14.8. The van der Waals surface area contributed by atoms with E-state index in [0.717, 1.165) is 22.3 Å². The van der Waals surface area contributed by atoms with Crippen molar-refractivity contribution in [2.24, 2.45) is 0 Å². The van der Waals surface area contributed by atoms with Crippen LogP contribution < -0.4 is 0 Å². The van der Waals surface area contributed by atoms with E-state index in [1.54, 1.807) is 0 Å². The minimum absolute atomic E-state index is 0.0139. The van der Waals surface area contributed by atoms with Crippen LogP contribution in [0.3, 0.4) is 0 Å². The Kier molecular flexibility index (Phi) is 3.34. The van der Waals surface area contributed by atoms with Gasteiger partial charge in [0.15, 0.2) is 5.78 Å². The number of hydrogen-bond donors (Lipinski definition) is 0. The Hall–Kier alpha value is -2.75. The van der Waals surface area contributed by atoms with Crippen LogP contribution in [-0.4, -0.2) is 17.5 Å². The number of cyclic esters (lactones) is 1. The highest BCUT2D eigenvalue weighted by Crippen LogP contribution is 2.42. The Bertz CT molecular complexity index is 894. The zero-order chi connectivity index (χ0) is 16.8. The number of hydrogen-bond acceptors (Lipinski definition) is 4. The van der Waals surface area contributed by atoms with Gasteiger partial charge in [-0.2, -0.15) is 0 Å². The zero-order valence-corrected chi connectivity index (χ0v) is 13.3. The Labute approximate surface area is 139 Å². The average Bonchev–Trinajstić information content (AvgIpc) is 3.12. The van der Waals surface area contributed by atoms with Crippen LogP contribution in [0.2, 0.25) is 0 Å². The summed E-state index contributed by atoms with van der Waals surface area (Å²) >= 11 is 0. The molecule has 2 aromatic rings. The van der Waals surface area contributed by atoms with Crippen LogP contribution >= 0.6 is 0 Å². The van der Waals surface area contributed by atoms with Gasteiger partial charge in [0.2, 0.25) is 0 Å². The third kappa shape index (κ3) is 2.10. The molecular weight excluding hydrogens is 304 g/mol. The fourth-order valence-corrected chi connectivity index (χ4v) is 3.83. The Balaban J connectivity index is 2.12. The highest BCUT2D eigenvalue weighted by molar-refractivity contribution is 6.11. The molecule has 0 atom stereocenters. The van der Waals surface area contributed by atoms with Crippen LogP contribution in [-0.2, 0) is 29.0 Å². The van der Waals surface area contributed by atoms with Crippen LogP contribution in [0.4, 0.5) is 0 Å². The maximum absolute atomic E-state index is 12.4. The number of esters is 1. The molecule has 0 unspecified atom stereocenters. The van der Waals surface area contributed by atoms with Gasteiger partial charge in [-0.1, -0.05) is 30.3 Å². The molecule has 0 saturated heterocycles. The molecule has 2 aromatic carbocycles. The minimum Gasteiger partial charge on any atom is -0.457 e. The molecule has 0 spiro atoms. The summed E-state index contributed by atoms with van der Waals surface area (Å²) in [7, 11) is 0. The monoisotopic (exact) mass is 320 g/mol. The number of carbonyl (C=O) groups is 3. The molecule has 24 heavy (non-hydrogen) atoms. The summed E-state index contributed by atoms with van der Waals surface area (Å²) < 4.78 is 5.24. The van der Waals surface area contributed by atoms with Crippen LogP contribution in [0.5, 0.6) is 0 Å². The molecule has 1 aliphatic heterocycles. The van der Waals surface area contributed by atoms with Gasteiger partial charge in [0.05, 0.1) is 5.56 Å². The number of rotatable bonds is 3. The largest absolute Gasteiger partial charge is 0.457 e. The molecule has 0 saturated carbocycles. The van der Waals surface area contributed by atoms with Crippen molar-refractivity contribution < 1.29 is 19.1 Å². The van der Waals surface area contributed by atoms with Gasteiger partial charge in [-0.3, -0.25) is 9.59 Å². The Morgan fingerprint density at radius 2 is 1.75 bits per heavy atom. The van der Waals surface area contributed by atoms with Gasteiger partial charge in [0, 0.05) is 29.5 Å². The van der Waals surface area contributed by atoms with Gasteiger partial charge in [0.25, 0.3) is 0 Å². The van der Waals surface area contributed by atoms with Crippen molar-refractivity contribution >= 4 is 17.5 Å². The molecule has 0 bridgehead atoms. The first-order valence-corrected chi connectivity index (χ1v) is 8.03. The Morgan fingerprint density at radius 3 is 2.46 bits per heavy atom.